The minimum Gasteiger partial charge on any atom is -0.484 e. The van der Waals surface area contributed by atoms with E-state index in [1.165, 1.54) is 5.56 Å². The van der Waals surface area contributed by atoms with E-state index < -0.39 is 0 Å². The van der Waals surface area contributed by atoms with Crippen molar-refractivity contribution in [1.29, 1.82) is 0 Å². The van der Waals surface area contributed by atoms with E-state index in [0.717, 1.165) is 12.0 Å². The summed E-state index contributed by atoms with van der Waals surface area (Å²) in [5.41, 5.74) is 3.40. The molecule has 3 aromatic carbocycles. The predicted molar refractivity (Wildman–Crippen MR) is 119 cm³/mol. The summed E-state index contributed by atoms with van der Waals surface area (Å²) >= 11 is 0. The van der Waals surface area contributed by atoms with Gasteiger partial charge < -0.3 is 15.4 Å². The molecular formula is C25H26N2O3. The van der Waals surface area contributed by atoms with Gasteiger partial charge in [-0.25, -0.2) is 0 Å². The molecule has 0 bridgehead atoms. The van der Waals surface area contributed by atoms with Crippen molar-refractivity contribution in [3.05, 3.63) is 95.6 Å². The molecule has 1 atom stereocenters. The van der Waals surface area contributed by atoms with Gasteiger partial charge >= 0.3 is 0 Å². The third kappa shape index (κ3) is 5.95. The fraction of sp³-hybridized carbons (Fsp3) is 0.200. The van der Waals surface area contributed by atoms with Crippen LogP contribution in [0.4, 0.5) is 5.69 Å². The number of ether oxygens (including phenoxy) is 1. The average molecular weight is 402 g/mol. The number of hydrogen-bond donors (Lipinski definition) is 2. The molecule has 0 aliphatic carbocycles. The molecule has 5 heteroatoms. The zero-order valence-electron chi connectivity index (χ0n) is 17.2. The van der Waals surface area contributed by atoms with E-state index in [-0.39, 0.29) is 24.5 Å². The Morgan fingerprint density at radius 2 is 1.57 bits per heavy atom. The summed E-state index contributed by atoms with van der Waals surface area (Å²) in [4.78, 5) is 24.6. The molecule has 3 rings (SSSR count). The third-order valence-corrected chi connectivity index (χ3v) is 4.78. The molecule has 5 nitrogen and oxygen atoms in total. The number of carbonyl (C=O) groups is 2. The first-order chi connectivity index (χ1) is 14.5. The van der Waals surface area contributed by atoms with Crippen LogP contribution in [0, 0.1) is 0 Å². The lowest BCUT2D eigenvalue weighted by Gasteiger charge is -2.14. The Morgan fingerprint density at radius 1 is 0.900 bits per heavy atom. The van der Waals surface area contributed by atoms with Crippen LogP contribution in [0.5, 0.6) is 5.75 Å². The number of rotatable bonds is 8. The Hall–Kier alpha value is -3.60. The van der Waals surface area contributed by atoms with Gasteiger partial charge in [-0.2, -0.15) is 0 Å². The minimum absolute atomic E-state index is 0.0811. The van der Waals surface area contributed by atoms with E-state index in [9.17, 15) is 9.59 Å². The van der Waals surface area contributed by atoms with Crippen LogP contribution in [0.1, 0.15) is 41.4 Å². The lowest BCUT2D eigenvalue weighted by Crippen LogP contribution is -2.26. The lowest BCUT2D eigenvalue weighted by atomic mass is 10.1. The summed E-state index contributed by atoms with van der Waals surface area (Å²) in [6.07, 6.45) is 0.958. The maximum Gasteiger partial charge on any atom is 0.262 e. The van der Waals surface area contributed by atoms with Crippen LogP contribution >= 0.6 is 0 Å². The molecule has 2 N–H and O–H groups in total. The molecule has 30 heavy (non-hydrogen) atoms. The Kier molecular flexibility index (Phi) is 7.22. The van der Waals surface area contributed by atoms with Gasteiger partial charge in [0.15, 0.2) is 6.61 Å². The van der Waals surface area contributed by atoms with Crippen molar-refractivity contribution in [3.63, 3.8) is 0 Å². The van der Waals surface area contributed by atoms with E-state index in [0.29, 0.717) is 17.0 Å². The highest BCUT2D eigenvalue weighted by Gasteiger charge is 2.11. The normalized spacial score (nSPS) is 11.4. The maximum atomic E-state index is 12.4. The van der Waals surface area contributed by atoms with Gasteiger partial charge in [-0.15, -0.1) is 0 Å². The van der Waals surface area contributed by atoms with Gasteiger partial charge in [0.05, 0.1) is 6.04 Å². The number of hydrogen-bond acceptors (Lipinski definition) is 3. The largest absolute Gasteiger partial charge is 0.484 e. The predicted octanol–water partition coefficient (Wildman–Crippen LogP) is 4.76. The molecule has 0 aromatic heterocycles. The van der Waals surface area contributed by atoms with Crippen molar-refractivity contribution in [2.45, 2.75) is 26.3 Å². The Bertz CT molecular complexity index is 968. The molecule has 3 aromatic rings. The summed E-state index contributed by atoms with van der Waals surface area (Å²) in [7, 11) is 0. The van der Waals surface area contributed by atoms with E-state index in [1.807, 2.05) is 61.5 Å². The highest BCUT2D eigenvalue weighted by atomic mass is 16.5. The zero-order valence-corrected chi connectivity index (χ0v) is 17.2. The number of amides is 2. The summed E-state index contributed by atoms with van der Waals surface area (Å²) in [6.45, 7) is 3.95. The summed E-state index contributed by atoms with van der Waals surface area (Å²) in [6, 6.07) is 24.1. The topological polar surface area (TPSA) is 67.4 Å². The quantitative estimate of drug-likeness (QED) is 0.571. The van der Waals surface area contributed by atoms with Crippen molar-refractivity contribution >= 4 is 17.5 Å². The molecule has 0 aliphatic rings. The second-order valence-corrected chi connectivity index (χ2v) is 7.02. The zero-order chi connectivity index (χ0) is 21.3. The molecule has 2 amide bonds. The number of carbonyl (C=O) groups excluding carboxylic acids is 2. The van der Waals surface area contributed by atoms with E-state index in [4.69, 9.17) is 4.74 Å². The lowest BCUT2D eigenvalue weighted by molar-refractivity contribution is -0.118. The Balaban J connectivity index is 1.49. The first-order valence-electron chi connectivity index (χ1n) is 10.0. The van der Waals surface area contributed by atoms with Crippen LogP contribution in [0.25, 0.3) is 0 Å². The smallest absolute Gasteiger partial charge is 0.262 e. The monoisotopic (exact) mass is 402 g/mol. The molecule has 0 saturated carbocycles. The van der Waals surface area contributed by atoms with Crippen molar-refractivity contribution in [3.8, 4) is 5.75 Å². The summed E-state index contributed by atoms with van der Waals surface area (Å²) in [5, 5.41) is 5.74. The van der Waals surface area contributed by atoms with Crippen LogP contribution in [0.3, 0.4) is 0 Å². The summed E-state index contributed by atoms with van der Waals surface area (Å²) in [5.74, 6) is 0.231. The number of aryl methyl sites for hydroxylation is 1. The van der Waals surface area contributed by atoms with Crippen LogP contribution in [0.2, 0.25) is 0 Å². The van der Waals surface area contributed by atoms with Crippen molar-refractivity contribution in [2.24, 2.45) is 0 Å². The van der Waals surface area contributed by atoms with Gasteiger partial charge in [0.1, 0.15) is 5.75 Å². The first kappa shape index (κ1) is 21.1. The molecule has 0 heterocycles. The second-order valence-electron chi connectivity index (χ2n) is 7.02. The second kappa shape index (κ2) is 10.3. The van der Waals surface area contributed by atoms with Gasteiger partial charge in [0.2, 0.25) is 0 Å². The van der Waals surface area contributed by atoms with Gasteiger partial charge in [0, 0.05) is 11.3 Å². The average Bonchev–Trinajstić information content (AvgIpc) is 2.79. The number of nitrogens with one attached hydrogen (secondary N) is 2. The molecule has 0 aliphatic heterocycles. The third-order valence-electron chi connectivity index (χ3n) is 4.78. The van der Waals surface area contributed by atoms with E-state index in [2.05, 4.69) is 17.6 Å². The molecule has 0 spiro atoms. The van der Waals surface area contributed by atoms with Gasteiger partial charge in [-0.05, 0) is 60.9 Å². The SMILES string of the molecule is CCc1ccc(OCC(=O)Nc2ccc(C(=O)NC(C)c3ccccc3)cc2)cc1. The Morgan fingerprint density at radius 3 is 2.20 bits per heavy atom. The van der Waals surface area contributed by atoms with Crippen molar-refractivity contribution < 1.29 is 14.3 Å². The fourth-order valence-corrected chi connectivity index (χ4v) is 2.98. The van der Waals surface area contributed by atoms with Crippen LogP contribution < -0.4 is 15.4 Å². The molecular weight excluding hydrogens is 376 g/mol. The van der Waals surface area contributed by atoms with Crippen LogP contribution in [-0.2, 0) is 11.2 Å². The van der Waals surface area contributed by atoms with Crippen molar-refractivity contribution in [1.82, 2.24) is 5.32 Å². The number of anilines is 1. The molecule has 154 valence electrons. The standard InChI is InChI=1S/C25H26N2O3/c1-3-19-9-15-23(16-10-19)30-17-24(28)27-22-13-11-21(12-14-22)25(29)26-18(2)20-7-5-4-6-8-20/h4-16,18H,3,17H2,1-2H3,(H,26,29)(H,27,28). The minimum atomic E-state index is -0.260. The van der Waals surface area contributed by atoms with Crippen LogP contribution in [-0.4, -0.2) is 18.4 Å². The summed E-state index contributed by atoms with van der Waals surface area (Å²) < 4.78 is 5.51. The van der Waals surface area contributed by atoms with Crippen LogP contribution in [0.15, 0.2) is 78.9 Å². The highest BCUT2D eigenvalue weighted by molar-refractivity contribution is 5.96. The number of benzene rings is 3. The highest BCUT2D eigenvalue weighted by Crippen LogP contribution is 2.15. The van der Waals surface area contributed by atoms with Gasteiger partial charge in [0.25, 0.3) is 11.8 Å². The van der Waals surface area contributed by atoms with E-state index in [1.54, 1.807) is 24.3 Å². The molecule has 0 saturated heterocycles. The fourth-order valence-electron chi connectivity index (χ4n) is 2.98. The van der Waals surface area contributed by atoms with E-state index >= 15 is 0 Å². The van der Waals surface area contributed by atoms with Gasteiger partial charge in [-0.3, -0.25) is 9.59 Å². The molecule has 0 fully saturated rings. The molecule has 0 radical (unpaired) electrons. The first-order valence-corrected chi connectivity index (χ1v) is 10.0. The Labute approximate surface area is 177 Å². The maximum absolute atomic E-state index is 12.4. The van der Waals surface area contributed by atoms with Crippen molar-refractivity contribution in [2.75, 3.05) is 11.9 Å². The molecule has 1 unspecified atom stereocenters. The van der Waals surface area contributed by atoms with Gasteiger partial charge in [-0.1, -0.05) is 49.4 Å².